The van der Waals surface area contributed by atoms with Gasteiger partial charge >= 0.3 is 11.4 Å². The summed E-state index contributed by atoms with van der Waals surface area (Å²) in [4.78, 5) is 33.1. The number of hydrogen-bond acceptors (Lipinski definition) is 8. The van der Waals surface area contributed by atoms with Gasteiger partial charge in [-0.1, -0.05) is 0 Å². The van der Waals surface area contributed by atoms with Crippen LogP contribution < -0.4 is 4.84 Å². The molecule has 0 aromatic heterocycles. The maximum atomic E-state index is 10.7. The molecular weight excluding hydrogens is 238 g/mol. The quantitative estimate of drug-likeness (QED) is 0.479. The zero-order chi connectivity index (χ0) is 13.2. The lowest BCUT2D eigenvalue weighted by Gasteiger charge is -2.04. The van der Waals surface area contributed by atoms with Gasteiger partial charge in [0.2, 0.25) is 5.75 Å². The lowest BCUT2D eigenvalue weighted by molar-refractivity contribution is -0.423. The van der Waals surface area contributed by atoms with Gasteiger partial charge in [-0.15, -0.1) is 4.91 Å². The van der Waals surface area contributed by atoms with Crippen molar-refractivity contribution in [2.45, 2.75) is 6.92 Å². The van der Waals surface area contributed by atoms with E-state index in [9.17, 15) is 30.2 Å². The molecule has 0 spiro atoms. The van der Waals surface area contributed by atoms with Crippen molar-refractivity contribution in [3.63, 3.8) is 0 Å². The van der Waals surface area contributed by atoms with Crippen molar-refractivity contribution < 1.29 is 19.8 Å². The highest BCUT2D eigenvalue weighted by Gasteiger charge is 2.35. The average Bonchev–Trinajstić information content (AvgIpc) is 2.21. The molecule has 0 saturated heterocycles. The molecule has 0 unspecified atom stereocenters. The SMILES string of the molecule is Cc1c(O)cc(ON=O)c([N+](=O)[O-])c1[N+](=O)[O-]. The van der Waals surface area contributed by atoms with Crippen LogP contribution in [-0.2, 0) is 0 Å². The number of benzene rings is 1. The Labute approximate surface area is 92.7 Å². The summed E-state index contributed by atoms with van der Waals surface area (Å²) in [7, 11) is 0. The first-order chi connectivity index (χ1) is 7.90. The average molecular weight is 243 g/mol. The molecule has 17 heavy (non-hydrogen) atoms. The number of nitrogens with zero attached hydrogens (tertiary/aromatic N) is 3. The normalized spacial score (nSPS) is 9.71. The molecule has 1 rings (SSSR count). The van der Waals surface area contributed by atoms with Gasteiger partial charge in [0.05, 0.1) is 15.4 Å². The molecule has 0 amide bonds. The molecule has 1 aromatic rings. The van der Waals surface area contributed by atoms with Crippen LogP contribution in [0.25, 0.3) is 0 Å². The molecule has 0 aliphatic heterocycles. The molecule has 1 aromatic carbocycles. The Hall–Kier alpha value is -2.78. The standard InChI is InChI=1S/C7H5N3O7/c1-3-4(11)2-5(17-8-12)7(10(15)16)6(3)9(13)14/h2,11H,1H3. The van der Waals surface area contributed by atoms with E-state index in [0.29, 0.717) is 6.07 Å². The van der Waals surface area contributed by atoms with E-state index < -0.39 is 32.7 Å². The molecule has 10 heteroatoms. The number of nitro groups is 2. The topological polar surface area (TPSA) is 145 Å². The van der Waals surface area contributed by atoms with E-state index in [2.05, 4.69) is 4.84 Å². The highest BCUT2D eigenvalue weighted by atomic mass is 16.7. The first-order valence-electron chi connectivity index (χ1n) is 4.05. The predicted octanol–water partition coefficient (Wildman–Crippen LogP) is 1.58. The highest BCUT2D eigenvalue weighted by Crippen LogP contribution is 2.43. The Morgan fingerprint density at radius 1 is 1.29 bits per heavy atom. The van der Waals surface area contributed by atoms with Gasteiger partial charge in [-0.3, -0.25) is 20.2 Å². The largest absolute Gasteiger partial charge is 0.507 e. The summed E-state index contributed by atoms with van der Waals surface area (Å²) in [5, 5.41) is 32.6. The fraction of sp³-hybridized carbons (Fsp3) is 0.143. The van der Waals surface area contributed by atoms with E-state index in [-0.39, 0.29) is 5.56 Å². The van der Waals surface area contributed by atoms with Gasteiger partial charge in [0.15, 0.2) is 5.34 Å². The van der Waals surface area contributed by atoms with Crippen LogP contribution in [0.2, 0.25) is 0 Å². The zero-order valence-corrected chi connectivity index (χ0v) is 8.32. The van der Waals surface area contributed by atoms with E-state index in [1.807, 2.05) is 5.34 Å². The third kappa shape index (κ3) is 2.09. The lowest BCUT2D eigenvalue weighted by atomic mass is 10.1. The molecule has 0 heterocycles. The first-order valence-corrected chi connectivity index (χ1v) is 4.05. The summed E-state index contributed by atoms with van der Waals surface area (Å²) in [6.45, 7) is 1.12. The van der Waals surface area contributed by atoms with Crippen molar-refractivity contribution in [1.82, 2.24) is 0 Å². The number of rotatable bonds is 4. The molecule has 0 atom stereocenters. The van der Waals surface area contributed by atoms with Gasteiger partial charge in [-0.05, 0) is 6.92 Å². The van der Waals surface area contributed by atoms with Crippen LogP contribution in [-0.4, -0.2) is 15.0 Å². The summed E-state index contributed by atoms with van der Waals surface area (Å²) in [5.74, 6) is -1.40. The highest BCUT2D eigenvalue weighted by molar-refractivity contribution is 5.69. The Kier molecular flexibility index (Phi) is 3.17. The van der Waals surface area contributed by atoms with E-state index in [1.54, 1.807) is 0 Å². The van der Waals surface area contributed by atoms with Crippen LogP contribution >= 0.6 is 0 Å². The second-order valence-electron chi connectivity index (χ2n) is 2.90. The van der Waals surface area contributed by atoms with Crippen molar-refractivity contribution >= 4 is 11.4 Å². The van der Waals surface area contributed by atoms with Gasteiger partial charge in [-0.25, -0.2) is 0 Å². The van der Waals surface area contributed by atoms with Crippen LogP contribution in [0.4, 0.5) is 11.4 Å². The maximum Gasteiger partial charge on any atom is 0.391 e. The maximum absolute atomic E-state index is 10.7. The lowest BCUT2D eigenvalue weighted by Crippen LogP contribution is -2.01. The molecule has 0 bridgehead atoms. The summed E-state index contributed by atoms with van der Waals surface area (Å²) in [5.41, 5.74) is -2.29. The summed E-state index contributed by atoms with van der Waals surface area (Å²) < 4.78 is 0. The van der Waals surface area contributed by atoms with Gasteiger partial charge in [0.1, 0.15) is 5.75 Å². The second kappa shape index (κ2) is 4.38. The van der Waals surface area contributed by atoms with Crippen molar-refractivity contribution in [2.24, 2.45) is 5.34 Å². The molecule has 0 aliphatic carbocycles. The minimum Gasteiger partial charge on any atom is -0.507 e. The van der Waals surface area contributed by atoms with Crippen LogP contribution in [0.5, 0.6) is 11.5 Å². The van der Waals surface area contributed by atoms with Gasteiger partial charge in [-0.2, -0.15) is 0 Å². The van der Waals surface area contributed by atoms with E-state index in [0.717, 1.165) is 6.92 Å². The van der Waals surface area contributed by atoms with Crippen LogP contribution in [0.15, 0.2) is 11.4 Å². The van der Waals surface area contributed by atoms with Crippen molar-refractivity contribution in [1.29, 1.82) is 0 Å². The van der Waals surface area contributed by atoms with E-state index >= 15 is 0 Å². The predicted molar refractivity (Wildman–Crippen MR) is 52.6 cm³/mol. The summed E-state index contributed by atoms with van der Waals surface area (Å²) in [6, 6.07) is 0.710. The first kappa shape index (κ1) is 12.3. The molecule has 1 N–H and O–H groups in total. The number of hydrogen-bond donors (Lipinski definition) is 1. The fourth-order valence-corrected chi connectivity index (χ4v) is 1.23. The summed E-state index contributed by atoms with van der Waals surface area (Å²) in [6.07, 6.45) is 0. The monoisotopic (exact) mass is 243 g/mol. The molecule has 0 saturated carbocycles. The molecule has 0 aliphatic rings. The minimum absolute atomic E-state index is 0.306. The molecule has 0 radical (unpaired) electrons. The van der Waals surface area contributed by atoms with Gasteiger partial charge in [0.25, 0.3) is 0 Å². The molecule has 10 nitrogen and oxygen atoms in total. The second-order valence-corrected chi connectivity index (χ2v) is 2.90. The van der Waals surface area contributed by atoms with E-state index in [4.69, 9.17) is 0 Å². The van der Waals surface area contributed by atoms with Crippen LogP contribution in [0, 0.1) is 32.1 Å². The number of phenols is 1. The van der Waals surface area contributed by atoms with E-state index in [1.165, 1.54) is 0 Å². The molecule has 90 valence electrons. The number of aromatic hydroxyl groups is 1. The number of phenolic OH excluding ortho intramolecular Hbond substituents is 1. The Balaban J connectivity index is 3.69. The van der Waals surface area contributed by atoms with Gasteiger partial charge in [0, 0.05) is 6.07 Å². The van der Waals surface area contributed by atoms with Crippen molar-refractivity contribution in [3.05, 3.63) is 36.8 Å². The van der Waals surface area contributed by atoms with Crippen molar-refractivity contribution in [3.8, 4) is 11.5 Å². The van der Waals surface area contributed by atoms with Gasteiger partial charge < -0.3 is 9.94 Å². The van der Waals surface area contributed by atoms with Crippen LogP contribution in [0.3, 0.4) is 0 Å². The van der Waals surface area contributed by atoms with Crippen LogP contribution in [0.1, 0.15) is 5.56 Å². The Morgan fingerprint density at radius 3 is 2.24 bits per heavy atom. The Bertz CT molecular complexity index is 513. The number of nitro benzene ring substituents is 2. The third-order valence-electron chi connectivity index (χ3n) is 1.97. The minimum atomic E-state index is -1.09. The summed E-state index contributed by atoms with van der Waals surface area (Å²) >= 11 is 0. The van der Waals surface area contributed by atoms with Crippen molar-refractivity contribution in [2.75, 3.05) is 0 Å². The molecular formula is C7H5N3O7. The smallest absolute Gasteiger partial charge is 0.391 e. The third-order valence-corrected chi connectivity index (χ3v) is 1.97. The fourth-order valence-electron chi connectivity index (χ4n) is 1.23. The zero-order valence-electron chi connectivity index (χ0n) is 8.32. The Morgan fingerprint density at radius 2 is 1.82 bits per heavy atom. The molecule has 0 fully saturated rings.